The molecule has 5 nitrogen and oxygen atoms in total. The fourth-order valence-corrected chi connectivity index (χ4v) is 3.22. The summed E-state index contributed by atoms with van der Waals surface area (Å²) in [6.45, 7) is 3.89. The van der Waals surface area contributed by atoms with Crippen LogP contribution in [0.1, 0.15) is 31.9 Å². The van der Waals surface area contributed by atoms with Crippen molar-refractivity contribution in [3.8, 4) is 17.2 Å². The second kappa shape index (κ2) is 7.46. The van der Waals surface area contributed by atoms with Gasteiger partial charge in [0, 0.05) is 12.0 Å². The van der Waals surface area contributed by atoms with Crippen molar-refractivity contribution < 1.29 is 19.0 Å². The van der Waals surface area contributed by atoms with Crippen molar-refractivity contribution >= 4 is 17.5 Å². The molecular weight excluding hydrogens is 354 g/mol. The number of carbonyl (C=O) groups excluding carboxylic acids is 1. The minimum absolute atomic E-state index is 0.110. The number of hydrogen-bond acceptors (Lipinski definition) is 4. The Morgan fingerprint density at radius 1 is 1.31 bits per heavy atom. The van der Waals surface area contributed by atoms with Gasteiger partial charge in [0.05, 0.1) is 18.2 Å². The smallest absolute Gasteiger partial charge is 0.258 e. The first-order chi connectivity index (χ1) is 12.4. The van der Waals surface area contributed by atoms with Gasteiger partial charge in [-0.1, -0.05) is 23.7 Å². The third-order valence-corrected chi connectivity index (χ3v) is 4.52. The highest BCUT2D eigenvalue weighted by molar-refractivity contribution is 6.32. The quantitative estimate of drug-likeness (QED) is 0.853. The van der Waals surface area contributed by atoms with Crippen molar-refractivity contribution in [1.82, 2.24) is 5.32 Å². The molecule has 0 unspecified atom stereocenters. The number of ether oxygens (including phenoxy) is 3. The lowest BCUT2D eigenvalue weighted by atomic mass is 9.89. The van der Waals surface area contributed by atoms with Gasteiger partial charge >= 0.3 is 0 Å². The Morgan fingerprint density at radius 3 is 2.81 bits per heavy atom. The molecule has 1 atom stereocenters. The summed E-state index contributed by atoms with van der Waals surface area (Å²) in [5, 5.41) is 3.50. The lowest BCUT2D eigenvalue weighted by Crippen LogP contribution is -2.42. The number of methoxy groups -OCH3 is 1. The second-order valence-electron chi connectivity index (χ2n) is 6.81. The van der Waals surface area contributed by atoms with Gasteiger partial charge in [-0.3, -0.25) is 4.79 Å². The van der Waals surface area contributed by atoms with Gasteiger partial charge in [-0.2, -0.15) is 0 Å². The Balaban J connectivity index is 1.72. The maximum Gasteiger partial charge on any atom is 0.258 e. The predicted molar refractivity (Wildman–Crippen MR) is 100 cm³/mol. The monoisotopic (exact) mass is 375 g/mol. The summed E-state index contributed by atoms with van der Waals surface area (Å²) in [4.78, 5) is 12.4. The summed E-state index contributed by atoms with van der Waals surface area (Å²) in [5.74, 6) is 1.73. The molecule has 0 saturated heterocycles. The summed E-state index contributed by atoms with van der Waals surface area (Å²) >= 11 is 6.05. The van der Waals surface area contributed by atoms with E-state index < -0.39 is 0 Å². The SMILES string of the molecule is COc1ccc2c(c1)[C@H](NC(=O)COc1ccccc1Cl)CC(C)(C)O2. The maximum atomic E-state index is 12.4. The molecule has 2 aromatic carbocycles. The standard InChI is InChI=1S/C20H22ClNO4/c1-20(2)11-16(14-10-13(24-3)8-9-17(14)26-20)22-19(23)12-25-18-7-5-4-6-15(18)21/h4-10,16H,11-12H2,1-3H3,(H,22,23)/t16-/m1/s1. The number of hydrogen-bond donors (Lipinski definition) is 1. The molecule has 138 valence electrons. The van der Waals surface area contributed by atoms with Gasteiger partial charge in [-0.25, -0.2) is 0 Å². The predicted octanol–water partition coefficient (Wildman–Crippen LogP) is 4.15. The van der Waals surface area contributed by atoms with E-state index in [0.29, 0.717) is 17.2 Å². The van der Waals surface area contributed by atoms with Gasteiger partial charge in [0.25, 0.3) is 5.91 Å². The van der Waals surface area contributed by atoms with Gasteiger partial charge < -0.3 is 19.5 Å². The molecule has 0 bridgehead atoms. The van der Waals surface area contributed by atoms with E-state index in [1.807, 2.05) is 44.2 Å². The van der Waals surface area contributed by atoms with Crippen molar-refractivity contribution in [2.45, 2.75) is 31.9 Å². The van der Waals surface area contributed by atoms with Crippen LogP contribution < -0.4 is 19.5 Å². The molecule has 0 aromatic heterocycles. The van der Waals surface area contributed by atoms with E-state index in [1.54, 1.807) is 19.2 Å². The molecule has 0 aliphatic carbocycles. The number of nitrogens with one attached hydrogen (secondary N) is 1. The summed E-state index contributed by atoms with van der Waals surface area (Å²) in [7, 11) is 1.61. The van der Waals surface area contributed by atoms with E-state index in [2.05, 4.69) is 5.32 Å². The fourth-order valence-electron chi connectivity index (χ4n) is 3.03. The Kier molecular flexibility index (Phi) is 5.28. The molecule has 6 heteroatoms. The molecule has 1 aliphatic heterocycles. The van der Waals surface area contributed by atoms with Crippen LogP contribution in [0.4, 0.5) is 0 Å². The molecular formula is C20H22ClNO4. The average Bonchev–Trinajstić information content (AvgIpc) is 2.60. The largest absolute Gasteiger partial charge is 0.497 e. The summed E-state index contributed by atoms with van der Waals surface area (Å²) in [6.07, 6.45) is 0.644. The maximum absolute atomic E-state index is 12.4. The lowest BCUT2D eigenvalue weighted by Gasteiger charge is -2.38. The number of rotatable bonds is 5. The van der Waals surface area contributed by atoms with Gasteiger partial charge in [0.15, 0.2) is 6.61 Å². The minimum atomic E-state index is -0.386. The van der Waals surface area contributed by atoms with Crippen LogP contribution in [0.3, 0.4) is 0 Å². The van der Waals surface area contributed by atoms with Crippen LogP contribution in [0.5, 0.6) is 17.2 Å². The molecule has 1 heterocycles. The Bertz CT molecular complexity index is 806. The van der Waals surface area contributed by atoms with Gasteiger partial charge in [0.1, 0.15) is 22.8 Å². The molecule has 1 N–H and O–H groups in total. The number of para-hydroxylation sites is 1. The second-order valence-corrected chi connectivity index (χ2v) is 7.22. The average molecular weight is 376 g/mol. The van der Waals surface area contributed by atoms with Gasteiger partial charge in [-0.15, -0.1) is 0 Å². The third-order valence-electron chi connectivity index (χ3n) is 4.20. The first-order valence-electron chi connectivity index (χ1n) is 8.41. The molecule has 26 heavy (non-hydrogen) atoms. The van der Waals surface area contributed by atoms with Crippen molar-refractivity contribution in [3.63, 3.8) is 0 Å². The van der Waals surface area contributed by atoms with Crippen molar-refractivity contribution in [1.29, 1.82) is 0 Å². The van der Waals surface area contributed by atoms with Gasteiger partial charge in [0.2, 0.25) is 0 Å². The number of amides is 1. The fraction of sp³-hybridized carbons (Fsp3) is 0.350. The molecule has 2 aromatic rings. The topological polar surface area (TPSA) is 56.8 Å². The van der Waals surface area contributed by atoms with E-state index >= 15 is 0 Å². The van der Waals surface area contributed by atoms with Crippen molar-refractivity contribution in [2.75, 3.05) is 13.7 Å². The molecule has 0 spiro atoms. The van der Waals surface area contributed by atoms with E-state index in [9.17, 15) is 4.79 Å². The zero-order valence-corrected chi connectivity index (χ0v) is 15.8. The molecule has 1 aliphatic rings. The first-order valence-corrected chi connectivity index (χ1v) is 8.79. The first kappa shape index (κ1) is 18.4. The molecule has 0 saturated carbocycles. The van der Waals surface area contributed by atoms with Crippen LogP contribution in [0, 0.1) is 0 Å². The van der Waals surface area contributed by atoms with Crippen LogP contribution in [0.25, 0.3) is 0 Å². The van der Waals surface area contributed by atoms with Crippen LogP contribution in [-0.4, -0.2) is 25.2 Å². The Morgan fingerprint density at radius 2 is 2.08 bits per heavy atom. The molecule has 0 fully saturated rings. The van der Waals surface area contributed by atoms with E-state index in [-0.39, 0.29) is 24.2 Å². The molecule has 1 amide bonds. The minimum Gasteiger partial charge on any atom is -0.497 e. The molecule has 0 radical (unpaired) electrons. The summed E-state index contributed by atoms with van der Waals surface area (Å²) in [6, 6.07) is 12.5. The highest BCUT2D eigenvalue weighted by atomic mass is 35.5. The summed E-state index contributed by atoms with van der Waals surface area (Å²) in [5.41, 5.74) is 0.512. The highest BCUT2D eigenvalue weighted by Crippen LogP contribution is 2.41. The van der Waals surface area contributed by atoms with Gasteiger partial charge in [-0.05, 0) is 44.2 Å². The Hall–Kier alpha value is -2.40. The Labute approximate surface area is 158 Å². The highest BCUT2D eigenvalue weighted by Gasteiger charge is 2.34. The van der Waals surface area contributed by atoms with E-state index in [1.165, 1.54) is 0 Å². The van der Waals surface area contributed by atoms with E-state index in [0.717, 1.165) is 17.1 Å². The van der Waals surface area contributed by atoms with Crippen LogP contribution in [0.2, 0.25) is 5.02 Å². The lowest BCUT2D eigenvalue weighted by molar-refractivity contribution is -0.124. The summed E-state index contributed by atoms with van der Waals surface area (Å²) < 4.78 is 16.8. The number of carbonyl (C=O) groups is 1. The van der Waals surface area contributed by atoms with Crippen molar-refractivity contribution in [2.24, 2.45) is 0 Å². The number of fused-ring (bicyclic) bond motifs is 1. The van der Waals surface area contributed by atoms with Crippen molar-refractivity contribution in [3.05, 3.63) is 53.1 Å². The van der Waals surface area contributed by atoms with Crippen LogP contribution in [0.15, 0.2) is 42.5 Å². The zero-order chi connectivity index (χ0) is 18.7. The molecule has 3 rings (SSSR count). The third kappa shape index (κ3) is 4.22. The number of halogens is 1. The van der Waals surface area contributed by atoms with Crippen LogP contribution in [-0.2, 0) is 4.79 Å². The van der Waals surface area contributed by atoms with E-state index in [4.69, 9.17) is 25.8 Å². The van der Waals surface area contributed by atoms with Crippen LogP contribution >= 0.6 is 11.6 Å². The number of benzene rings is 2. The zero-order valence-electron chi connectivity index (χ0n) is 15.0. The normalized spacial score (nSPS) is 17.6.